The van der Waals surface area contributed by atoms with Crippen LogP contribution in [0.25, 0.3) is 0 Å². The molecular weight excluding hydrogens is 376 g/mol. The predicted molar refractivity (Wildman–Crippen MR) is 110 cm³/mol. The van der Waals surface area contributed by atoms with Crippen molar-refractivity contribution in [1.29, 1.82) is 0 Å². The summed E-state index contributed by atoms with van der Waals surface area (Å²) in [4.78, 5) is 18.5. The molecule has 0 saturated heterocycles. The van der Waals surface area contributed by atoms with Crippen LogP contribution >= 0.6 is 0 Å². The fraction of sp³-hybridized carbons (Fsp3) is 0.500. The lowest BCUT2D eigenvalue weighted by atomic mass is 9.96. The third kappa shape index (κ3) is 5.82. The first-order valence-electron chi connectivity index (χ1n) is 9.80. The SMILES string of the molecule is CC1=CN(CCc2ccc(S(=O)(=O)NC(=O)NC3CCCCC3)cc2)CC=N1. The minimum absolute atomic E-state index is 0.0591. The Morgan fingerprint density at radius 3 is 2.57 bits per heavy atom. The number of allylic oxidation sites excluding steroid dienone is 1. The maximum Gasteiger partial charge on any atom is 0.328 e. The average Bonchev–Trinajstić information content (AvgIpc) is 2.67. The van der Waals surface area contributed by atoms with E-state index in [1.807, 2.05) is 19.3 Å². The van der Waals surface area contributed by atoms with Gasteiger partial charge in [-0.25, -0.2) is 17.9 Å². The van der Waals surface area contributed by atoms with Gasteiger partial charge in [-0.2, -0.15) is 0 Å². The van der Waals surface area contributed by atoms with Gasteiger partial charge in [0.25, 0.3) is 10.0 Å². The Labute approximate surface area is 167 Å². The fourth-order valence-corrected chi connectivity index (χ4v) is 4.46. The number of aliphatic imine (C=N–C) groups is 1. The van der Waals surface area contributed by atoms with E-state index in [9.17, 15) is 13.2 Å². The third-order valence-electron chi connectivity index (χ3n) is 5.07. The molecule has 1 aliphatic carbocycles. The number of carbonyl (C=O) groups is 1. The van der Waals surface area contributed by atoms with Crippen molar-refractivity contribution >= 4 is 22.3 Å². The molecule has 7 nitrogen and oxygen atoms in total. The molecule has 1 fully saturated rings. The normalized spacial score (nSPS) is 17.9. The first-order valence-corrected chi connectivity index (χ1v) is 11.3. The molecule has 0 unspecified atom stereocenters. The zero-order valence-electron chi connectivity index (χ0n) is 16.2. The van der Waals surface area contributed by atoms with Crippen LogP contribution in [0.15, 0.2) is 46.1 Å². The molecule has 0 radical (unpaired) electrons. The van der Waals surface area contributed by atoms with E-state index < -0.39 is 16.1 Å². The van der Waals surface area contributed by atoms with Crippen LogP contribution in [0.3, 0.4) is 0 Å². The molecule has 3 rings (SSSR count). The lowest BCUT2D eigenvalue weighted by Crippen LogP contribution is -2.45. The first-order chi connectivity index (χ1) is 13.4. The van der Waals surface area contributed by atoms with Gasteiger partial charge in [0.15, 0.2) is 0 Å². The van der Waals surface area contributed by atoms with Gasteiger partial charge in [-0.05, 0) is 43.9 Å². The lowest BCUT2D eigenvalue weighted by Gasteiger charge is -2.22. The topological polar surface area (TPSA) is 90.9 Å². The van der Waals surface area contributed by atoms with E-state index in [1.165, 1.54) is 6.42 Å². The minimum atomic E-state index is -3.87. The molecule has 8 heteroatoms. The molecule has 1 heterocycles. The molecule has 1 aromatic rings. The highest BCUT2D eigenvalue weighted by atomic mass is 32.2. The summed E-state index contributed by atoms with van der Waals surface area (Å²) in [5, 5.41) is 2.77. The maximum atomic E-state index is 12.4. The number of rotatable bonds is 6. The van der Waals surface area contributed by atoms with Crippen molar-refractivity contribution in [3.8, 4) is 0 Å². The zero-order valence-corrected chi connectivity index (χ0v) is 17.0. The number of sulfonamides is 1. The van der Waals surface area contributed by atoms with Crippen LogP contribution in [0.5, 0.6) is 0 Å². The van der Waals surface area contributed by atoms with Crippen LogP contribution in [0.1, 0.15) is 44.6 Å². The molecule has 0 atom stereocenters. The minimum Gasteiger partial charge on any atom is -0.370 e. The van der Waals surface area contributed by atoms with Gasteiger partial charge < -0.3 is 10.2 Å². The van der Waals surface area contributed by atoms with Crippen LogP contribution in [-0.2, 0) is 16.4 Å². The van der Waals surface area contributed by atoms with E-state index in [0.29, 0.717) is 0 Å². The highest BCUT2D eigenvalue weighted by Crippen LogP contribution is 2.17. The Morgan fingerprint density at radius 1 is 1.18 bits per heavy atom. The number of amides is 2. The van der Waals surface area contributed by atoms with Crippen LogP contribution in [0.4, 0.5) is 4.79 Å². The van der Waals surface area contributed by atoms with E-state index in [1.54, 1.807) is 24.3 Å². The summed E-state index contributed by atoms with van der Waals surface area (Å²) in [5.74, 6) is 0. The highest BCUT2D eigenvalue weighted by molar-refractivity contribution is 7.90. The molecule has 152 valence electrons. The van der Waals surface area contributed by atoms with Crippen molar-refractivity contribution in [2.24, 2.45) is 4.99 Å². The molecule has 0 aromatic heterocycles. The quantitative estimate of drug-likeness (QED) is 0.763. The van der Waals surface area contributed by atoms with Crippen molar-refractivity contribution in [2.45, 2.75) is 56.4 Å². The molecule has 2 aliphatic rings. The maximum absolute atomic E-state index is 12.4. The Bertz CT molecular complexity index is 841. The van der Waals surface area contributed by atoms with E-state index in [0.717, 1.165) is 56.5 Å². The molecule has 28 heavy (non-hydrogen) atoms. The summed E-state index contributed by atoms with van der Waals surface area (Å²) in [6, 6.07) is 6.09. The van der Waals surface area contributed by atoms with Crippen molar-refractivity contribution in [2.75, 3.05) is 13.1 Å². The molecular formula is C20H28N4O3S. The van der Waals surface area contributed by atoms with Crippen LogP contribution in [0.2, 0.25) is 0 Å². The number of nitrogens with zero attached hydrogens (tertiary/aromatic N) is 2. The van der Waals surface area contributed by atoms with Crippen LogP contribution in [-0.4, -0.2) is 44.7 Å². The number of carbonyl (C=O) groups excluding carboxylic acids is 1. The second kappa shape index (κ2) is 9.23. The largest absolute Gasteiger partial charge is 0.370 e. The summed E-state index contributed by atoms with van der Waals surface area (Å²) in [6.45, 7) is 3.57. The Kier molecular flexibility index (Phi) is 6.72. The predicted octanol–water partition coefficient (Wildman–Crippen LogP) is 2.80. The number of hydrogen-bond acceptors (Lipinski definition) is 5. The summed E-state index contributed by atoms with van der Waals surface area (Å²) in [6.07, 6.45) is 9.82. The van der Waals surface area contributed by atoms with Gasteiger partial charge in [-0.3, -0.25) is 4.99 Å². The van der Waals surface area contributed by atoms with Gasteiger partial charge in [0.05, 0.1) is 17.1 Å². The van der Waals surface area contributed by atoms with E-state index in [4.69, 9.17) is 0 Å². The summed E-state index contributed by atoms with van der Waals surface area (Å²) in [5.41, 5.74) is 2.02. The van der Waals surface area contributed by atoms with Gasteiger partial charge in [-0.1, -0.05) is 31.4 Å². The van der Waals surface area contributed by atoms with Crippen molar-refractivity contribution in [1.82, 2.24) is 14.9 Å². The number of hydrogen-bond donors (Lipinski definition) is 2. The molecule has 1 saturated carbocycles. The monoisotopic (exact) mass is 404 g/mol. The lowest BCUT2D eigenvalue weighted by molar-refractivity contribution is 0.237. The number of nitrogens with one attached hydrogen (secondary N) is 2. The summed E-state index contributed by atoms with van der Waals surface area (Å²) < 4.78 is 27.0. The van der Waals surface area contributed by atoms with E-state index in [-0.39, 0.29) is 10.9 Å². The zero-order chi connectivity index (χ0) is 20.0. The second-order valence-corrected chi connectivity index (χ2v) is 9.07. The van der Waals surface area contributed by atoms with Gasteiger partial charge in [0.2, 0.25) is 0 Å². The van der Waals surface area contributed by atoms with Crippen molar-refractivity contribution < 1.29 is 13.2 Å². The smallest absolute Gasteiger partial charge is 0.328 e. The molecule has 0 spiro atoms. The fourth-order valence-electron chi connectivity index (χ4n) is 3.55. The molecule has 1 aliphatic heterocycles. The Balaban J connectivity index is 1.52. The standard InChI is InChI=1S/C20H28N4O3S/c1-16-15-24(14-12-21-16)13-11-17-7-9-19(10-8-17)28(26,27)23-20(25)22-18-5-3-2-4-6-18/h7-10,12,15,18H,2-6,11,13-14H2,1H3,(H2,22,23,25). The van der Waals surface area contributed by atoms with Crippen molar-refractivity contribution in [3.05, 3.63) is 41.7 Å². The van der Waals surface area contributed by atoms with Crippen molar-refractivity contribution in [3.63, 3.8) is 0 Å². The van der Waals surface area contributed by atoms with E-state index >= 15 is 0 Å². The first kappa shape index (κ1) is 20.4. The average molecular weight is 405 g/mol. The molecule has 2 N–H and O–H groups in total. The molecule has 0 bridgehead atoms. The molecule has 2 amide bonds. The van der Waals surface area contributed by atoms with Gasteiger partial charge in [0, 0.05) is 25.0 Å². The van der Waals surface area contributed by atoms with Gasteiger partial charge >= 0.3 is 6.03 Å². The van der Waals surface area contributed by atoms with Crippen LogP contribution in [0, 0.1) is 0 Å². The molecule has 1 aromatic carbocycles. The van der Waals surface area contributed by atoms with Gasteiger partial charge in [0.1, 0.15) is 0 Å². The third-order valence-corrected chi connectivity index (χ3v) is 6.42. The highest BCUT2D eigenvalue weighted by Gasteiger charge is 2.21. The Morgan fingerprint density at radius 2 is 1.89 bits per heavy atom. The summed E-state index contributed by atoms with van der Waals surface area (Å²) >= 11 is 0. The second-order valence-electron chi connectivity index (χ2n) is 7.38. The van der Waals surface area contributed by atoms with Gasteiger partial charge in [-0.15, -0.1) is 0 Å². The Hall–Kier alpha value is -2.35. The van der Waals surface area contributed by atoms with E-state index in [2.05, 4.69) is 19.9 Å². The summed E-state index contributed by atoms with van der Waals surface area (Å²) in [7, 11) is -3.87. The van der Waals surface area contributed by atoms with Crippen LogP contribution < -0.4 is 10.0 Å². The number of benzene rings is 1. The number of urea groups is 1.